The number of carbonyl (C=O) groups is 2. The highest BCUT2D eigenvalue weighted by molar-refractivity contribution is 5.80. The van der Waals surface area contributed by atoms with Gasteiger partial charge in [-0.2, -0.15) is 0 Å². The van der Waals surface area contributed by atoms with Gasteiger partial charge in [-0.15, -0.1) is 0 Å². The fourth-order valence-electron chi connectivity index (χ4n) is 1.80. The van der Waals surface area contributed by atoms with E-state index >= 15 is 0 Å². The van der Waals surface area contributed by atoms with Crippen molar-refractivity contribution >= 4 is 12.0 Å². The van der Waals surface area contributed by atoms with Crippen LogP contribution < -0.4 is 10.6 Å². The van der Waals surface area contributed by atoms with Crippen LogP contribution >= 0.6 is 0 Å². The molecule has 0 radical (unpaired) electrons. The quantitative estimate of drug-likeness (QED) is 0.651. The van der Waals surface area contributed by atoms with Gasteiger partial charge in [-0.25, -0.2) is 4.79 Å². The number of nitrogens with one attached hydrogen (secondary N) is 2. The summed E-state index contributed by atoms with van der Waals surface area (Å²) in [5.41, 5.74) is -0.696. The number of carbonyl (C=O) groups excluding carboxylic acids is 1. The monoisotopic (exact) mass is 256 g/mol. The standard InChI is InChI=1S/C13H24N2O3/c1-9(2)4-5-10(3)15-12(18)14-8-13(6-7-13)11(16)17/h9-10H,4-8H2,1-3H3,(H,16,17)(H2,14,15,18). The number of aliphatic carboxylic acids is 1. The number of carboxylic acid groups (broad SMARTS) is 1. The van der Waals surface area contributed by atoms with Gasteiger partial charge in [0.2, 0.25) is 0 Å². The van der Waals surface area contributed by atoms with Gasteiger partial charge in [-0.1, -0.05) is 13.8 Å². The minimum atomic E-state index is -0.810. The molecule has 0 spiro atoms. The van der Waals surface area contributed by atoms with Crippen molar-refractivity contribution in [1.82, 2.24) is 10.6 Å². The summed E-state index contributed by atoms with van der Waals surface area (Å²) in [6.45, 7) is 6.49. The Hall–Kier alpha value is -1.26. The summed E-state index contributed by atoms with van der Waals surface area (Å²) in [5, 5.41) is 14.5. The lowest BCUT2D eigenvalue weighted by Gasteiger charge is -2.17. The molecule has 1 unspecified atom stereocenters. The fraction of sp³-hybridized carbons (Fsp3) is 0.846. The van der Waals surface area contributed by atoms with E-state index in [4.69, 9.17) is 5.11 Å². The Morgan fingerprint density at radius 3 is 2.28 bits per heavy atom. The molecule has 0 heterocycles. The molecule has 5 heteroatoms. The number of carboxylic acids is 1. The number of urea groups is 1. The molecule has 1 fully saturated rings. The number of rotatable bonds is 7. The largest absolute Gasteiger partial charge is 0.481 e. The first-order valence-electron chi connectivity index (χ1n) is 6.63. The normalized spacial score (nSPS) is 18.2. The third-order valence-electron chi connectivity index (χ3n) is 3.45. The van der Waals surface area contributed by atoms with Gasteiger partial charge in [0.05, 0.1) is 5.41 Å². The average Bonchev–Trinajstić information content (AvgIpc) is 3.04. The molecular weight excluding hydrogens is 232 g/mol. The van der Waals surface area contributed by atoms with Gasteiger partial charge in [-0.3, -0.25) is 4.79 Å². The first-order chi connectivity index (χ1) is 8.35. The van der Waals surface area contributed by atoms with Gasteiger partial charge in [0, 0.05) is 12.6 Å². The molecular formula is C13H24N2O3. The fourth-order valence-corrected chi connectivity index (χ4v) is 1.80. The number of amides is 2. The molecule has 1 rings (SSSR count). The van der Waals surface area contributed by atoms with Crippen LogP contribution in [-0.4, -0.2) is 29.7 Å². The molecule has 104 valence electrons. The molecule has 3 N–H and O–H groups in total. The minimum absolute atomic E-state index is 0.118. The Morgan fingerprint density at radius 1 is 1.22 bits per heavy atom. The van der Waals surface area contributed by atoms with E-state index in [0.717, 1.165) is 12.8 Å². The van der Waals surface area contributed by atoms with Crippen molar-refractivity contribution in [3.63, 3.8) is 0 Å². The van der Waals surface area contributed by atoms with E-state index in [1.54, 1.807) is 0 Å². The van der Waals surface area contributed by atoms with E-state index < -0.39 is 11.4 Å². The van der Waals surface area contributed by atoms with Crippen LogP contribution in [-0.2, 0) is 4.79 Å². The Balaban J connectivity index is 2.19. The third kappa shape index (κ3) is 4.55. The maximum atomic E-state index is 11.6. The zero-order valence-corrected chi connectivity index (χ0v) is 11.5. The molecule has 1 aliphatic carbocycles. The molecule has 0 aromatic carbocycles. The number of hydrogen-bond acceptors (Lipinski definition) is 2. The topological polar surface area (TPSA) is 78.4 Å². The lowest BCUT2D eigenvalue weighted by molar-refractivity contribution is -0.143. The summed E-state index contributed by atoms with van der Waals surface area (Å²) in [6.07, 6.45) is 3.33. The Bertz CT molecular complexity index is 311. The maximum Gasteiger partial charge on any atom is 0.315 e. The summed E-state index contributed by atoms with van der Waals surface area (Å²) in [4.78, 5) is 22.5. The second-order valence-corrected chi connectivity index (χ2v) is 5.78. The van der Waals surface area contributed by atoms with Crippen LogP contribution in [0.1, 0.15) is 46.5 Å². The van der Waals surface area contributed by atoms with Gasteiger partial charge < -0.3 is 15.7 Å². The molecule has 5 nitrogen and oxygen atoms in total. The zero-order chi connectivity index (χ0) is 13.8. The predicted molar refractivity (Wildman–Crippen MR) is 69.4 cm³/mol. The van der Waals surface area contributed by atoms with E-state index in [1.807, 2.05) is 6.92 Å². The molecule has 0 bridgehead atoms. The first kappa shape index (κ1) is 14.8. The molecule has 0 saturated heterocycles. The molecule has 0 aliphatic heterocycles. The second kappa shape index (κ2) is 6.07. The summed E-state index contributed by atoms with van der Waals surface area (Å²) in [5.74, 6) is -0.185. The van der Waals surface area contributed by atoms with Gasteiger partial charge in [0.25, 0.3) is 0 Å². The van der Waals surface area contributed by atoms with Crippen LogP contribution in [0.15, 0.2) is 0 Å². The minimum Gasteiger partial charge on any atom is -0.481 e. The van der Waals surface area contributed by atoms with Crippen molar-refractivity contribution in [2.45, 2.75) is 52.5 Å². The first-order valence-corrected chi connectivity index (χ1v) is 6.63. The lowest BCUT2D eigenvalue weighted by Crippen LogP contribution is -2.44. The van der Waals surface area contributed by atoms with Crippen molar-refractivity contribution in [1.29, 1.82) is 0 Å². The highest BCUT2D eigenvalue weighted by Crippen LogP contribution is 2.45. The predicted octanol–water partition coefficient (Wildman–Crippen LogP) is 1.98. The van der Waals surface area contributed by atoms with Gasteiger partial charge in [0.15, 0.2) is 0 Å². The average molecular weight is 256 g/mol. The second-order valence-electron chi connectivity index (χ2n) is 5.78. The SMILES string of the molecule is CC(C)CCC(C)NC(=O)NCC1(C(=O)O)CC1. The van der Waals surface area contributed by atoms with Gasteiger partial charge in [0.1, 0.15) is 0 Å². The molecule has 2 amide bonds. The van der Waals surface area contributed by atoms with Crippen LogP contribution in [0.5, 0.6) is 0 Å². The third-order valence-corrected chi connectivity index (χ3v) is 3.45. The van der Waals surface area contributed by atoms with Crippen LogP contribution in [0.2, 0.25) is 0 Å². The highest BCUT2D eigenvalue weighted by atomic mass is 16.4. The Labute approximate surface area is 108 Å². The maximum absolute atomic E-state index is 11.6. The van der Waals surface area contributed by atoms with Crippen molar-refractivity contribution in [3.8, 4) is 0 Å². The number of hydrogen-bond donors (Lipinski definition) is 3. The van der Waals surface area contributed by atoms with E-state index in [2.05, 4.69) is 24.5 Å². The van der Waals surface area contributed by atoms with Crippen molar-refractivity contribution in [2.75, 3.05) is 6.54 Å². The van der Waals surface area contributed by atoms with Crippen LogP contribution in [0.3, 0.4) is 0 Å². The van der Waals surface area contributed by atoms with Crippen molar-refractivity contribution in [3.05, 3.63) is 0 Å². The lowest BCUT2D eigenvalue weighted by atomic mass is 10.0. The molecule has 1 saturated carbocycles. The summed E-state index contributed by atoms with van der Waals surface area (Å²) in [6, 6.07) is -0.147. The van der Waals surface area contributed by atoms with E-state index in [1.165, 1.54) is 0 Å². The summed E-state index contributed by atoms with van der Waals surface area (Å²) in [7, 11) is 0. The van der Waals surface area contributed by atoms with Gasteiger partial charge in [-0.05, 0) is 38.5 Å². The Kier molecular flexibility index (Phi) is 4.99. The van der Waals surface area contributed by atoms with Crippen molar-refractivity contribution in [2.24, 2.45) is 11.3 Å². The van der Waals surface area contributed by atoms with Crippen LogP contribution in [0.4, 0.5) is 4.79 Å². The molecule has 1 aliphatic rings. The van der Waals surface area contributed by atoms with Crippen LogP contribution in [0.25, 0.3) is 0 Å². The summed E-state index contributed by atoms with van der Waals surface area (Å²) < 4.78 is 0. The highest BCUT2D eigenvalue weighted by Gasteiger charge is 2.50. The molecule has 0 aromatic heterocycles. The van der Waals surface area contributed by atoms with E-state index in [0.29, 0.717) is 18.8 Å². The molecule has 1 atom stereocenters. The molecule has 18 heavy (non-hydrogen) atoms. The smallest absolute Gasteiger partial charge is 0.315 e. The van der Waals surface area contributed by atoms with Crippen molar-refractivity contribution < 1.29 is 14.7 Å². The zero-order valence-electron chi connectivity index (χ0n) is 11.5. The summed E-state index contributed by atoms with van der Waals surface area (Å²) >= 11 is 0. The molecule has 0 aromatic rings. The van der Waals surface area contributed by atoms with Gasteiger partial charge >= 0.3 is 12.0 Å². The Morgan fingerprint density at radius 2 is 1.83 bits per heavy atom. The van der Waals surface area contributed by atoms with E-state index in [-0.39, 0.29) is 18.6 Å². The van der Waals surface area contributed by atoms with Crippen LogP contribution in [0, 0.1) is 11.3 Å². The van der Waals surface area contributed by atoms with E-state index in [9.17, 15) is 9.59 Å².